The number of benzene rings is 1. The van der Waals surface area contributed by atoms with Crippen LogP contribution in [0.5, 0.6) is 0 Å². The van der Waals surface area contributed by atoms with Crippen molar-refractivity contribution in [2.75, 3.05) is 6.54 Å². The Morgan fingerprint density at radius 2 is 1.95 bits per heavy atom. The fourth-order valence-electron chi connectivity index (χ4n) is 2.56. The number of rotatable bonds is 7. The summed E-state index contributed by atoms with van der Waals surface area (Å²) in [6.45, 7) is 8.22. The first-order chi connectivity index (χ1) is 10.5. The molecule has 22 heavy (non-hydrogen) atoms. The molecule has 0 fully saturated rings. The van der Waals surface area contributed by atoms with E-state index in [1.165, 1.54) is 23.4 Å². The normalized spacial score (nSPS) is 12.6. The van der Waals surface area contributed by atoms with Crippen molar-refractivity contribution in [3.05, 3.63) is 52.6 Å². The van der Waals surface area contributed by atoms with Gasteiger partial charge in [-0.2, -0.15) is 5.10 Å². The first-order valence-corrected chi connectivity index (χ1v) is 7.70. The van der Waals surface area contributed by atoms with E-state index < -0.39 is 6.10 Å². The van der Waals surface area contributed by atoms with E-state index in [-0.39, 0.29) is 5.82 Å². The summed E-state index contributed by atoms with van der Waals surface area (Å²) in [5.41, 5.74) is 4.08. The molecule has 0 aliphatic rings. The average molecular weight is 305 g/mol. The van der Waals surface area contributed by atoms with E-state index in [4.69, 9.17) is 0 Å². The lowest BCUT2D eigenvalue weighted by molar-refractivity contribution is 0.174. The maximum absolute atomic E-state index is 12.9. The lowest BCUT2D eigenvalue weighted by Crippen LogP contribution is -2.21. The van der Waals surface area contributed by atoms with Crippen LogP contribution >= 0.6 is 0 Å². The molecule has 0 amide bonds. The highest BCUT2D eigenvalue weighted by Gasteiger charge is 2.12. The molecule has 0 saturated carbocycles. The molecule has 1 unspecified atom stereocenters. The number of halogens is 1. The molecule has 0 aliphatic carbocycles. The van der Waals surface area contributed by atoms with E-state index in [0.29, 0.717) is 18.7 Å². The number of nitrogens with one attached hydrogen (secondary N) is 1. The van der Waals surface area contributed by atoms with E-state index in [1.54, 1.807) is 12.1 Å². The van der Waals surface area contributed by atoms with Gasteiger partial charge < -0.3 is 10.4 Å². The Hall–Kier alpha value is -1.72. The Balaban J connectivity index is 1.92. The van der Waals surface area contributed by atoms with Gasteiger partial charge in [0.05, 0.1) is 11.8 Å². The molecule has 1 aromatic heterocycles. The monoisotopic (exact) mass is 305 g/mol. The van der Waals surface area contributed by atoms with Crippen molar-refractivity contribution in [3.8, 4) is 0 Å². The van der Waals surface area contributed by atoms with Gasteiger partial charge in [0.25, 0.3) is 0 Å². The third kappa shape index (κ3) is 3.93. The second kappa shape index (κ2) is 7.51. The number of aromatic nitrogens is 2. The summed E-state index contributed by atoms with van der Waals surface area (Å²) < 4.78 is 14.9. The van der Waals surface area contributed by atoms with Gasteiger partial charge in [-0.3, -0.25) is 4.68 Å². The molecule has 0 spiro atoms. The van der Waals surface area contributed by atoms with Crippen LogP contribution in [0.3, 0.4) is 0 Å². The van der Waals surface area contributed by atoms with Gasteiger partial charge in [0.1, 0.15) is 5.82 Å². The van der Waals surface area contributed by atoms with E-state index in [2.05, 4.69) is 24.3 Å². The largest absolute Gasteiger partial charge is 0.387 e. The molecule has 5 heteroatoms. The maximum Gasteiger partial charge on any atom is 0.123 e. The Morgan fingerprint density at radius 1 is 1.27 bits per heavy atom. The van der Waals surface area contributed by atoms with Crippen LogP contribution in [0.25, 0.3) is 0 Å². The van der Waals surface area contributed by atoms with Crippen molar-refractivity contribution in [1.29, 1.82) is 0 Å². The van der Waals surface area contributed by atoms with Crippen LogP contribution in [0.2, 0.25) is 0 Å². The fraction of sp³-hybridized carbons (Fsp3) is 0.471. The molecule has 0 aliphatic heterocycles. The van der Waals surface area contributed by atoms with Crippen LogP contribution in [0.4, 0.5) is 4.39 Å². The van der Waals surface area contributed by atoms with Gasteiger partial charge >= 0.3 is 0 Å². The second-order valence-corrected chi connectivity index (χ2v) is 5.57. The fourth-order valence-corrected chi connectivity index (χ4v) is 2.56. The van der Waals surface area contributed by atoms with E-state index in [0.717, 1.165) is 18.7 Å². The minimum atomic E-state index is -0.646. The third-order valence-corrected chi connectivity index (χ3v) is 3.86. The molecule has 4 nitrogen and oxygen atoms in total. The van der Waals surface area contributed by atoms with Gasteiger partial charge in [-0.1, -0.05) is 19.1 Å². The molecule has 1 aromatic carbocycles. The van der Waals surface area contributed by atoms with Crippen LogP contribution in [-0.2, 0) is 13.1 Å². The minimum Gasteiger partial charge on any atom is -0.387 e. The summed E-state index contributed by atoms with van der Waals surface area (Å²) in [6, 6.07) is 5.94. The molecule has 1 heterocycles. The second-order valence-electron chi connectivity index (χ2n) is 5.57. The standard InChI is InChI=1S/C17H24FN3O/c1-4-9-21-13(3)16(12(2)20-21)10-19-11-17(22)14-5-7-15(18)8-6-14/h5-8,17,19,22H,4,9-11H2,1-3H3. The van der Waals surface area contributed by atoms with Crippen LogP contribution < -0.4 is 5.32 Å². The summed E-state index contributed by atoms with van der Waals surface area (Å²) in [5, 5.41) is 17.9. The van der Waals surface area contributed by atoms with Crippen LogP contribution in [0.15, 0.2) is 24.3 Å². The van der Waals surface area contributed by atoms with Gasteiger partial charge in [-0.25, -0.2) is 4.39 Å². The van der Waals surface area contributed by atoms with Gasteiger partial charge in [0, 0.05) is 30.9 Å². The lowest BCUT2D eigenvalue weighted by atomic mass is 10.1. The predicted molar refractivity (Wildman–Crippen MR) is 85.1 cm³/mol. The topological polar surface area (TPSA) is 50.1 Å². The summed E-state index contributed by atoms with van der Waals surface area (Å²) in [5.74, 6) is -0.293. The molecule has 0 bridgehead atoms. The zero-order valence-electron chi connectivity index (χ0n) is 13.4. The number of hydrogen-bond acceptors (Lipinski definition) is 3. The average Bonchev–Trinajstić information content (AvgIpc) is 2.75. The Bertz CT molecular complexity index is 607. The predicted octanol–water partition coefficient (Wildman–Crippen LogP) is 2.87. The lowest BCUT2D eigenvalue weighted by Gasteiger charge is -2.12. The molecule has 2 N–H and O–H groups in total. The van der Waals surface area contributed by atoms with Gasteiger partial charge in [-0.15, -0.1) is 0 Å². The number of aryl methyl sites for hydroxylation is 2. The molecule has 0 radical (unpaired) electrons. The molecule has 2 aromatic rings. The molecule has 2 rings (SSSR count). The molecular weight excluding hydrogens is 281 g/mol. The highest BCUT2D eigenvalue weighted by molar-refractivity contribution is 5.24. The van der Waals surface area contributed by atoms with Crippen molar-refractivity contribution >= 4 is 0 Å². The number of aliphatic hydroxyl groups is 1. The van der Waals surface area contributed by atoms with Crippen molar-refractivity contribution < 1.29 is 9.50 Å². The van der Waals surface area contributed by atoms with Crippen molar-refractivity contribution in [3.63, 3.8) is 0 Å². The minimum absolute atomic E-state index is 0.293. The van der Waals surface area contributed by atoms with Crippen LogP contribution in [-0.4, -0.2) is 21.4 Å². The Labute approximate surface area is 131 Å². The molecule has 1 atom stereocenters. The van der Waals surface area contributed by atoms with Crippen LogP contribution in [0, 0.1) is 19.7 Å². The van der Waals surface area contributed by atoms with E-state index >= 15 is 0 Å². The number of aliphatic hydroxyl groups excluding tert-OH is 1. The summed E-state index contributed by atoms with van der Waals surface area (Å²) >= 11 is 0. The highest BCUT2D eigenvalue weighted by Crippen LogP contribution is 2.15. The third-order valence-electron chi connectivity index (χ3n) is 3.86. The molecule has 0 saturated heterocycles. The summed E-state index contributed by atoms with van der Waals surface area (Å²) in [6.07, 6.45) is 0.407. The highest BCUT2D eigenvalue weighted by atomic mass is 19.1. The smallest absolute Gasteiger partial charge is 0.123 e. The SMILES string of the molecule is CCCn1nc(C)c(CNCC(O)c2ccc(F)cc2)c1C. The van der Waals surface area contributed by atoms with Gasteiger partial charge in [-0.05, 0) is 38.0 Å². The quantitative estimate of drug-likeness (QED) is 0.827. The zero-order chi connectivity index (χ0) is 16.1. The van der Waals surface area contributed by atoms with Crippen molar-refractivity contribution in [2.24, 2.45) is 0 Å². The summed E-state index contributed by atoms with van der Waals surface area (Å²) in [7, 11) is 0. The zero-order valence-corrected chi connectivity index (χ0v) is 13.4. The van der Waals surface area contributed by atoms with E-state index in [1.807, 2.05) is 11.6 Å². The molecule has 120 valence electrons. The summed E-state index contributed by atoms with van der Waals surface area (Å²) in [4.78, 5) is 0. The van der Waals surface area contributed by atoms with E-state index in [9.17, 15) is 9.50 Å². The molecular formula is C17H24FN3O. The van der Waals surface area contributed by atoms with Crippen LogP contribution in [0.1, 0.15) is 42.0 Å². The van der Waals surface area contributed by atoms with Gasteiger partial charge in [0.2, 0.25) is 0 Å². The van der Waals surface area contributed by atoms with Gasteiger partial charge in [0.15, 0.2) is 0 Å². The number of nitrogens with zero attached hydrogens (tertiary/aromatic N) is 2. The maximum atomic E-state index is 12.9. The Kier molecular flexibility index (Phi) is 5.69. The number of hydrogen-bond donors (Lipinski definition) is 2. The van der Waals surface area contributed by atoms with Crippen molar-refractivity contribution in [1.82, 2.24) is 15.1 Å². The Morgan fingerprint density at radius 3 is 2.59 bits per heavy atom. The van der Waals surface area contributed by atoms with Crippen molar-refractivity contribution in [2.45, 2.75) is 46.4 Å². The first-order valence-electron chi connectivity index (χ1n) is 7.70. The first kappa shape index (κ1) is 16.6.